The van der Waals surface area contributed by atoms with Crippen LogP contribution >= 0.6 is 0 Å². The number of benzene rings is 1. The molecule has 0 N–H and O–H groups in total. The molecule has 0 aliphatic heterocycles. The minimum Gasteiger partial charge on any atom is -0.237 e. The highest BCUT2D eigenvalue weighted by atomic mass is 32.2. The zero-order chi connectivity index (χ0) is 20.5. The summed E-state index contributed by atoms with van der Waals surface area (Å²) in [6.07, 6.45) is 5.18. The molecule has 0 atom stereocenters. The minimum absolute atomic E-state index is 0.0135. The molecule has 0 spiro atoms. The molecule has 0 saturated heterocycles. The van der Waals surface area contributed by atoms with Crippen LogP contribution in [0.1, 0.15) is 29.7 Å². The number of nitrogens with zero attached hydrogens (tertiary/aromatic N) is 2. The Morgan fingerprint density at radius 3 is 2.43 bits per heavy atom. The fourth-order valence-corrected chi connectivity index (χ4v) is 5.11. The number of likely N-dealkylation sites (N-methyl/N-ethyl adjacent to an activating group) is 1. The molecule has 0 saturated carbocycles. The summed E-state index contributed by atoms with van der Waals surface area (Å²) in [5, 5.41) is -0.0636. The summed E-state index contributed by atoms with van der Waals surface area (Å²) in [4.78, 5) is 4.37. The van der Waals surface area contributed by atoms with Gasteiger partial charge in [-0.25, -0.2) is 21.8 Å². The fourth-order valence-electron chi connectivity index (χ4n) is 3.30. The average molecular weight is 421 g/mol. The average Bonchev–Trinajstić information content (AvgIpc) is 2.66. The Labute approximate surface area is 166 Å². The first kappa shape index (κ1) is 20.7. The van der Waals surface area contributed by atoms with Crippen LogP contribution in [0.4, 0.5) is 0 Å². The molecule has 0 unspecified atom stereocenters. The van der Waals surface area contributed by atoms with E-state index < -0.39 is 19.9 Å². The molecular formula is C20H24N2O4S2. The van der Waals surface area contributed by atoms with Gasteiger partial charge in [0.2, 0.25) is 10.0 Å². The maximum atomic E-state index is 13.0. The highest BCUT2D eigenvalue weighted by Gasteiger charge is 2.24. The zero-order valence-electron chi connectivity index (χ0n) is 16.1. The summed E-state index contributed by atoms with van der Waals surface area (Å²) in [6.45, 7) is 3.92. The number of aryl methyl sites for hydroxylation is 2. The van der Waals surface area contributed by atoms with Gasteiger partial charge in [0.05, 0.1) is 10.6 Å². The van der Waals surface area contributed by atoms with Gasteiger partial charge in [-0.1, -0.05) is 18.7 Å². The van der Waals surface area contributed by atoms with E-state index in [9.17, 15) is 16.8 Å². The third-order valence-electron chi connectivity index (χ3n) is 4.91. The number of fused-ring (bicyclic) bond motifs is 1. The standard InChI is InChI=1S/C20H24N2O4S2/c1-15(19-9-6-10-20(21-19)27(3,23)24)14-22(2)28(25,26)18-12-11-16-7-4-5-8-17(16)13-18/h6,9-13H,1,4-5,7-8,14H2,2-3H3. The monoisotopic (exact) mass is 420 g/mol. The Hall–Kier alpha value is -2.03. The van der Waals surface area contributed by atoms with E-state index in [0.29, 0.717) is 11.3 Å². The van der Waals surface area contributed by atoms with E-state index in [-0.39, 0.29) is 16.5 Å². The predicted molar refractivity (Wildman–Crippen MR) is 109 cm³/mol. The van der Waals surface area contributed by atoms with E-state index in [1.54, 1.807) is 24.3 Å². The van der Waals surface area contributed by atoms with Gasteiger partial charge in [-0.3, -0.25) is 0 Å². The van der Waals surface area contributed by atoms with E-state index in [1.807, 2.05) is 6.07 Å². The molecule has 28 heavy (non-hydrogen) atoms. The maximum absolute atomic E-state index is 13.0. The van der Waals surface area contributed by atoms with Crippen molar-refractivity contribution in [3.8, 4) is 0 Å². The van der Waals surface area contributed by atoms with Crippen LogP contribution in [0.25, 0.3) is 5.57 Å². The lowest BCUT2D eigenvalue weighted by atomic mass is 9.92. The molecule has 150 valence electrons. The number of sulfonamides is 1. The van der Waals surface area contributed by atoms with Crippen LogP contribution in [0.2, 0.25) is 0 Å². The van der Waals surface area contributed by atoms with Crippen LogP contribution in [-0.4, -0.2) is 46.0 Å². The minimum atomic E-state index is -3.69. The Morgan fingerprint density at radius 1 is 1.07 bits per heavy atom. The second kappa shape index (κ2) is 7.77. The summed E-state index contributed by atoms with van der Waals surface area (Å²) >= 11 is 0. The van der Waals surface area contributed by atoms with Gasteiger partial charge in [-0.05, 0) is 66.6 Å². The number of sulfone groups is 1. The van der Waals surface area contributed by atoms with Crippen molar-refractivity contribution in [1.82, 2.24) is 9.29 Å². The molecule has 0 radical (unpaired) electrons. The van der Waals surface area contributed by atoms with Crippen molar-refractivity contribution in [3.05, 3.63) is 59.8 Å². The van der Waals surface area contributed by atoms with Gasteiger partial charge in [0, 0.05) is 19.8 Å². The van der Waals surface area contributed by atoms with Gasteiger partial charge in [0.15, 0.2) is 14.9 Å². The van der Waals surface area contributed by atoms with E-state index in [1.165, 1.54) is 23.0 Å². The SMILES string of the molecule is C=C(CN(C)S(=O)(=O)c1ccc2c(c1)CCCC2)c1cccc(S(C)(=O)=O)n1. The third kappa shape index (κ3) is 4.34. The molecule has 1 aliphatic carbocycles. The first-order valence-electron chi connectivity index (χ1n) is 9.02. The van der Waals surface area contributed by atoms with E-state index in [4.69, 9.17) is 0 Å². The smallest absolute Gasteiger partial charge is 0.237 e. The number of hydrogen-bond acceptors (Lipinski definition) is 5. The van der Waals surface area contributed by atoms with Crippen molar-refractivity contribution in [2.45, 2.75) is 35.6 Å². The number of pyridine rings is 1. The second-order valence-corrected chi connectivity index (χ2v) is 11.1. The highest BCUT2D eigenvalue weighted by Crippen LogP contribution is 2.26. The Morgan fingerprint density at radius 2 is 1.75 bits per heavy atom. The molecule has 2 aromatic rings. The Kier molecular flexibility index (Phi) is 5.74. The molecule has 0 amide bonds. The van der Waals surface area contributed by atoms with Crippen molar-refractivity contribution in [3.63, 3.8) is 0 Å². The van der Waals surface area contributed by atoms with Gasteiger partial charge in [-0.15, -0.1) is 0 Å². The molecule has 1 aromatic carbocycles. The lowest BCUT2D eigenvalue weighted by Crippen LogP contribution is -2.29. The fraction of sp³-hybridized carbons (Fsp3) is 0.350. The summed E-state index contributed by atoms with van der Waals surface area (Å²) in [5.41, 5.74) is 3.10. The second-order valence-electron chi connectivity index (χ2n) is 7.14. The van der Waals surface area contributed by atoms with Gasteiger partial charge in [0.1, 0.15) is 0 Å². The van der Waals surface area contributed by atoms with Crippen molar-refractivity contribution in [2.75, 3.05) is 19.8 Å². The summed E-state index contributed by atoms with van der Waals surface area (Å²) in [6, 6.07) is 9.92. The number of rotatable bonds is 6. The van der Waals surface area contributed by atoms with E-state index in [0.717, 1.165) is 37.5 Å². The van der Waals surface area contributed by atoms with Crippen LogP contribution in [0.5, 0.6) is 0 Å². The molecule has 1 heterocycles. The summed E-state index contributed by atoms with van der Waals surface area (Å²) in [7, 11) is -5.65. The Bertz CT molecular complexity index is 1120. The lowest BCUT2D eigenvalue weighted by molar-refractivity contribution is 0.502. The maximum Gasteiger partial charge on any atom is 0.243 e. The highest BCUT2D eigenvalue weighted by molar-refractivity contribution is 7.90. The number of aromatic nitrogens is 1. The van der Waals surface area contributed by atoms with Crippen LogP contribution in [-0.2, 0) is 32.7 Å². The van der Waals surface area contributed by atoms with Crippen LogP contribution in [0, 0.1) is 0 Å². The van der Waals surface area contributed by atoms with E-state index >= 15 is 0 Å². The van der Waals surface area contributed by atoms with Crippen molar-refractivity contribution < 1.29 is 16.8 Å². The van der Waals surface area contributed by atoms with Gasteiger partial charge < -0.3 is 0 Å². The van der Waals surface area contributed by atoms with Crippen LogP contribution in [0.15, 0.2) is 52.9 Å². The molecule has 0 bridgehead atoms. The van der Waals surface area contributed by atoms with E-state index in [2.05, 4.69) is 11.6 Å². The predicted octanol–water partition coefficient (Wildman–Crippen LogP) is 2.70. The summed E-state index contributed by atoms with van der Waals surface area (Å²) in [5.74, 6) is 0. The molecular weight excluding hydrogens is 396 g/mol. The normalized spacial score (nSPS) is 14.7. The Balaban J connectivity index is 1.82. The molecule has 1 aliphatic rings. The molecule has 0 fully saturated rings. The van der Waals surface area contributed by atoms with Crippen molar-refractivity contribution >= 4 is 25.4 Å². The first-order valence-corrected chi connectivity index (χ1v) is 12.4. The van der Waals surface area contributed by atoms with Crippen LogP contribution in [0.3, 0.4) is 0 Å². The lowest BCUT2D eigenvalue weighted by Gasteiger charge is -2.21. The van der Waals surface area contributed by atoms with Gasteiger partial charge in [-0.2, -0.15) is 4.31 Å². The molecule has 8 heteroatoms. The summed E-state index contributed by atoms with van der Waals surface area (Å²) < 4.78 is 50.6. The topological polar surface area (TPSA) is 84.4 Å². The largest absolute Gasteiger partial charge is 0.243 e. The van der Waals surface area contributed by atoms with Gasteiger partial charge >= 0.3 is 0 Å². The van der Waals surface area contributed by atoms with Crippen LogP contribution < -0.4 is 0 Å². The zero-order valence-corrected chi connectivity index (χ0v) is 17.7. The quantitative estimate of drug-likeness (QED) is 0.717. The van der Waals surface area contributed by atoms with Crippen molar-refractivity contribution in [1.29, 1.82) is 0 Å². The molecule has 6 nitrogen and oxygen atoms in total. The van der Waals surface area contributed by atoms with Crippen molar-refractivity contribution in [2.24, 2.45) is 0 Å². The third-order valence-corrected chi connectivity index (χ3v) is 7.69. The van der Waals surface area contributed by atoms with Gasteiger partial charge in [0.25, 0.3) is 0 Å². The molecule has 1 aromatic heterocycles. The molecule has 3 rings (SSSR count). The number of hydrogen-bond donors (Lipinski definition) is 0. The first-order chi connectivity index (χ1) is 13.1.